The molecule has 0 atom stereocenters. The Labute approximate surface area is 104 Å². The molecule has 0 unspecified atom stereocenters. The van der Waals surface area contributed by atoms with Crippen LogP contribution in [0.15, 0.2) is 42.6 Å². The Morgan fingerprint density at radius 2 is 1.47 bits per heavy atom. The van der Waals surface area contributed by atoms with E-state index in [0.29, 0.717) is 0 Å². The van der Waals surface area contributed by atoms with Crippen molar-refractivity contribution in [2.24, 2.45) is 0 Å². The van der Waals surface area contributed by atoms with Crippen LogP contribution in [-0.2, 0) is 0 Å². The maximum absolute atomic E-state index is 4.28. The fourth-order valence-electron chi connectivity index (χ4n) is 1.46. The molecule has 0 saturated carbocycles. The molecule has 0 spiro atoms. The van der Waals surface area contributed by atoms with Gasteiger partial charge in [-0.2, -0.15) is 0 Å². The summed E-state index contributed by atoms with van der Waals surface area (Å²) in [4.78, 5) is 4.28. The van der Waals surface area contributed by atoms with E-state index in [9.17, 15) is 0 Å². The average molecular weight is 228 g/mol. The number of aryl methyl sites for hydroxylation is 1. The molecule has 0 aliphatic carbocycles. The Balaban J connectivity index is 0.000000686. The molecule has 1 aromatic heterocycles. The predicted octanol–water partition coefficient (Wildman–Crippen LogP) is 4.12. The van der Waals surface area contributed by atoms with Crippen molar-refractivity contribution in [2.75, 3.05) is 12.4 Å². The third-order valence-electron chi connectivity index (χ3n) is 2.40. The van der Waals surface area contributed by atoms with Crippen LogP contribution >= 0.6 is 0 Å². The lowest BCUT2D eigenvalue weighted by Crippen LogP contribution is -1.91. The zero-order valence-corrected chi connectivity index (χ0v) is 11.0. The van der Waals surface area contributed by atoms with Crippen molar-refractivity contribution in [3.8, 4) is 11.1 Å². The van der Waals surface area contributed by atoms with Crippen LogP contribution in [0.1, 0.15) is 19.4 Å². The summed E-state index contributed by atoms with van der Waals surface area (Å²) in [5.41, 5.74) is 3.63. The smallest absolute Gasteiger partial charge is 0.125 e. The fraction of sp³-hybridized carbons (Fsp3) is 0.267. The van der Waals surface area contributed by atoms with Crippen LogP contribution in [0.25, 0.3) is 11.1 Å². The average Bonchev–Trinajstić information content (AvgIpc) is 2.42. The van der Waals surface area contributed by atoms with Crippen LogP contribution in [0.5, 0.6) is 0 Å². The van der Waals surface area contributed by atoms with E-state index < -0.39 is 0 Å². The van der Waals surface area contributed by atoms with Crippen molar-refractivity contribution >= 4 is 5.82 Å². The largest absolute Gasteiger partial charge is 0.373 e. The Kier molecular flexibility index (Phi) is 5.21. The number of hydrogen-bond donors (Lipinski definition) is 1. The summed E-state index contributed by atoms with van der Waals surface area (Å²) < 4.78 is 0. The number of aromatic nitrogens is 1. The Morgan fingerprint density at radius 1 is 0.882 bits per heavy atom. The van der Waals surface area contributed by atoms with Gasteiger partial charge in [0.2, 0.25) is 0 Å². The van der Waals surface area contributed by atoms with Crippen molar-refractivity contribution in [1.29, 1.82) is 0 Å². The second-order valence-electron chi connectivity index (χ2n) is 3.55. The number of anilines is 1. The molecular weight excluding hydrogens is 208 g/mol. The SMILES string of the molecule is CC.CNc1ccc(-c2ccc(C)cc2)cn1. The maximum Gasteiger partial charge on any atom is 0.125 e. The topological polar surface area (TPSA) is 24.9 Å². The minimum atomic E-state index is 0.894. The van der Waals surface area contributed by atoms with Crippen molar-refractivity contribution in [1.82, 2.24) is 4.98 Å². The van der Waals surface area contributed by atoms with Gasteiger partial charge in [0.25, 0.3) is 0 Å². The Bertz CT molecular complexity index is 429. The number of hydrogen-bond acceptors (Lipinski definition) is 2. The normalized spacial score (nSPS) is 9.18. The van der Waals surface area contributed by atoms with E-state index >= 15 is 0 Å². The van der Waals surface area contributed by atoms with Gasteiger partial charge < -0.3 is 5.32 Å². The molecular formula is C15H20N2. The molecule has 90 valence electrons. The monoisotopic (exact) mass is 228 g/mol. The molecule has 2 aromatic rings. The quantitative estimate of drug-likeness (QED) is 0.836. The first-order chi connectivity index (χ1) is 8.29. The van der Waals surface area contributed by atoms with E-state index in [1.54, 1.807) is 0 Å². The first-order valence-corrected chi connectivity index (χ1v) is 6.00. The number of rotatable bonds is 2. The Morgan fingerprint density at radius 3 is 1.94 bits per heavy atom. The molecule has 0 radical (unpaired) electrons. The zero-order valence-electron chi connectivity index (χ0n) is 11.0. The van der Waals surface area contributed by atoms with Gasteiger partial charge in [-0.3, -0.25) is 0 Å². The standard InChI is InChI=1S/C13H14N2.C2H6/c1-10-3-5-11(6-4-10)12-7-8-13(14-2)15-9-12;1-2/h3-9H,1-2H3,(H,14,15);1-2H3. The highest BCUT2D eigenvalue weighted by Gasteiger charge is 1.97. The molecule has 0 aliphatic heterocycles. The van der Waals surface area contributed by atoms with E-state index in [0.717, 1.165) is 11.4 Å². The molecule has 0 fully saturated rings. The summed E-state index contributed by atoms with van der Waals surface area (Å²) in [6, 6.07) is 12.5. The molecule has 1 heterocycles. The molecule has 1 N–H and O–H groups in total. The van der Waals surface area contributed by atoms with Gasteiger partial charge >= 0.3 is 0 Å². The highest BCUT2D eigenvalue weighted by Crippen LogP contribution is 2.19. The highest BCUT2D eigenvalue weighted by atomic mass is 14.9. The van der Waals surface area contributed by atoms with E-state index in [1.165, 1.54) is 11.1 Å². The van der Waals surface area contributed by atoms with Gasteiger partial charge in [0.1, 0.15) is 5.82 Å². The van der Waals surface area contributed by atoms with Gasteiger partial charge in [-0.05, 0) is 24.6 Å². The lowest BCUT2D eigenvalue weighted by Gasteiger charge is -2.03. The maximum atomic E-state index is 4.28. The molecule has 1 aromatic carbocycles. The lowest BCUT2D eigenvalue weighted by atomic mass is 10.1. The predicted molar refractivity (Wildman–Crippen MR) is 75.3 cm³/mol. The first kappa shape index (κ1) is 13.2. The van der Waals surface area contributed by atoms with Gasteiger partial charge in [0.15, 0.2) is 0 Å². The molecule has 2 rings (SSSR count). The summed E-state index contributed by atoms with van der Waals surface area (Å²) in [5.74, 6) is 0.894. The van der Waals surface area contributed by atoms with Crippen molar-refractivity contribution in [3.05, 3.63) is 48.2 Å². The van der Waals surface area contributed by atoms with Crippen LogP contribution in [-0.4, -0.2) is 12.0 Å². The Hall–Kier alpha value is -1.83. The van der Waals surface area contributed by atoms with Crippen molar-refractivity contribution in [3.63, 3.8) is 0 Å². The molecule has 0 bridgehead atoms. The highest BCUT2D eigenvalue weighted by molar-refractivity contribution is 5.63. The minimum Gasteiger partial charge on any atom is -0.373 e. The van der Waals surface area contributed by atoms with Crippen LogP contribution < -0.4 is 5.32 Å². The molecule has 0 amide bonds. The van der Waals surface area contributed by atoms with Crippen LogP contribution in [0, 0.1) is 6.92 Å². The molecule has 0 saturated heterocycles. The summed E-state index contributed by atoms with van der Waals surface area (Å²) in [7, 11) is 1.87. The first-order valence-electron chi connectivity index (χ1n) is 6.00. The van der Waals surface area contributed by atoms with Gasteiger partial charge in [-0.15, -0.1) is 0 Å². The summed E-state index contributed by atoms with van der Waals surface area (Å²) in [6.45, 7) is 6.09. The lowest BCUT2D eigenvalue weighted by molar-refractivity contribution is 1.29. The summed E-state index contributed by atoms with van der Waals surface area (Å²) in [5, 5.41) is 3.00. The molecule has 0 aliphatic rings. The third kappa shape index (κ3) is 3.59. The van der Waals surface area contributed by atoms with Crippen molar-refractivity contribution < 1.29 is 0 Å². The summed E-state index contributed by atoms with van der Waals surface area (Å²) in [6.07, 6.45) is 1.89. The van der Waals surface area contributed by atoms with E-state index in [2.05, 4.69) is 47.6 Å². The van der Waals surface area contributed by atoms with E-state index in [1.807, 2.05) is 33.2 Å². The number of pyridine rings is 1. The van der Waals surface area contributed by atoms with Gasteiger partial charge in [0, 0.05) is 18.8 Å². The summed E-state index contributed by atoms with van der Waals surface area (Å²) >= 11 is 0. The van der Waals surface area contributed by atoms with Gasteiger partial charge in [-0.1, -0.05) is 43.7 Å². The third-order valence-corrected chi connectivity index (χ3v) is 2.40. The zero-order chi connectivity index (χ0) is 12.7. The van der Waals surface area contributed by atoms with Crippen LogP contribution in [0.4, 0.5) is 5.82 Å². The van der Waals surface area contributed by atoms with Crippen LogP contribution in [0.2, 0.25) is 0 Å². The fourth-order valence-corrected chi connectivity index (χ4v) is 1.46. The minimum absolute atomic E-state index is 0.894. The number of nitrogens with zero attached hydrogens (tertiary/aromatic N) is 1. The second-order valence-corrected chi connectivity index (χ2v) is 3.55. The molecule has 2 heteroatoms. The van der Waals surface area contributed by atoms with E-state index in [-0.39, 0.29) is 0 Å². The van der Waals surface area contributed by atoms with E-state index in [4.69, 9.17) is 0 Å². The number of nitrogens with one attached hydrogen (secondary N) is 1. The number of benzene rings is 1. The second kappa shape index (κ2) is 6.69. The van der Waals surface area contributed by atoms with Gasteiger partial charge in [-0.25, -0.2) is 4.98 Å². The molecule has 17 heavy (non-hydrogen) atoms. The van der Waals surface area contributed by atoms with Crippen molar-refractivity contribution in [2.45, 2.75) is 20.8 Å². The van der Waals surface area contributed by atoms with Crippen LogP contribution in [0.3, 0.4) is 0 Å². The van der Waals surface area contributed by atoms with Gasteiger partial charge in [0.05, 0.1) is 0 Å². The molecule has 2 nitrogen and oxygen atoms in total.